The standard InChI is InChI=1S/C13H16F2N2O/c1-8-4-2-3-5-10(8)16-13(18)9-6-11(14)17-12(15)7-9/h6-8,10H,2-5H2,1H3,(H,16,18). The minimum Gasteiger partial charge on any atom is -0.349 e. The molecule has 1 aliphatic carbocycles. The van der Waals surface area contributed by atoms with Gasteiger partial charge in [0, 0.05) is 23.7 Å². The lowest BCUT2D eigenvalue weighted by Crippen LogP contribution is -2.41. The van der Waals surface area contributed by atoms with Crippen molar-refractivity contribution in [3.8, 4) is 0 Å². The summed E-state index contributed by atoms with van der Waals surface area (Å²) in [5.41, 5.74) is -0.0160. The van der Waals surface area contributed by atoms with Gasteiger partial charge in [0.25, 0.3) is 5.91 Å². The van der Waals surface area contributed by atoms with Crippen molar-refractivity contribution in [2.75, 3.05) is 0 Å². The molecule has 2 unspecified atom stereocenters. The Balaban J connectivity index is 2.06. The fraction of sp³-hybridized carbons (Fsp3) is 0.538. The molecule has 0 bridgehead atoms. The van der Waals surface area contributed by atoms with Crippen molar-refractivity contribution >= 4 is 5.91 Å². The third kappa shape index (κ3) is 3.03. The summed E-state index contributed by atoms with van der Waals surface area (Å²) in [5.74, 6) is -1.98. The second-order valence-corrected chi connectivity index (χ2v) is 4.84. The van der Waals surface area contributed by atoms with Crippen LogP contribution in [0.2, 0.25) is 0 Å². The summed E-state index contributed by atoms with van der Waals surface area (Å²) in [6.45, 7) is 2.08. The van der Waals surface area contributed by atoms with Gasteiger partial charge in [0.1, 0.15) is 0 Å². The summed E-state index contributed by atoms with van der Waals surface area (Å²) in [5, 5.41) is 2.84. The maximum absolute atomic E-state index is 12.9. The Morgan fingerprint density at radius 1 is 1.28 bits per heavy atom. The zero-order valence-corrected chi connectivity index (χ0v) is 10.2. The number of rotatable bonds is 2. The molecule has 1 N–H and O–H groups in total. The number of aromatic nitrogens is 1. The van der Waals surface area contributed by atoms with Crippen LogP contribution in [0.3, 0.4) is 0 Å². The molecule has 3 nitrogen and oxygen atoms in total. The Bertz CT molecular complexity index is 430. The van der Waals surface area contributed by atoms with E-state index in [0.29, 0.717) is 5.92 Å². The number of nitrogens with zero attached hydrogens (tertiary/aromatic N) is 1. The number of halogens is 2. The van der Waals surface area contributed by atoms with E-state index in [4.69, 9.17) is 0 Å². The molecule has 1 heterocycles. The van der Waals surface area contributed by atoms with Crippen LogP contribution in [0.4, 0.5) is 8.78 Å². The van der Waals surface area contributed by atoms with E-state index < -0.39 is 17.8 Å². The maximum Gasteiger partial charge on any atom is 0.251 e. The van der Waals surface area contributed by atoms with Gasteiger partial charge in [-0.15, -0.1) is 0 Å². The van der Waals surface area contributed by atoms with Crippen molar-refractivity contribution in [2.24, 2.45) is 5.92 Å². The SMILES string of the molecule is CC1CCCCC1NC(=O)c1cc(F)nc(F)c1. The molecule has 1 aromatic rings. The Hall–Kier alpha value is -1.52. The zero-order valence-electron chi connectivity index (χ0n) is 10.2. The number of amides is 1. The van der Waals surface area contributed by atoms with Gasteiger partial charge in [-0.1, -0.05) is 19.8 Å². The van der Waals surface area contributed by atoms with Crippen molar-refractivity contribution in [3.05, 3.63) is 29.6 Å². The predicted octanol–water partition coefficient (Wildman–Crippen LogP) is 2.67. The molecule has 0 saturated heterocycles. The molecule has 0 spiro atoms. The lowest BCUT2D eigenvalue weighted by molar-refractivity contribution is 0.0909. The first-order valence-corrected chi connectivity index (χ1v) is 6.20. The van der Waals surface area contributed by atoms with Crippen LogP contribution in [0.15, 0.2) is 12.1 Å². The minimum atomic E-state index is -0.975. The second-order valence-electron chi connectivity index (χ2n) is 4.84. The molecule has 1 fully saturated rings. The topological polar surface area (TPSA) is 42.0 Å². The first kappa shape index (κ1) is 12.9. The molecule has 98 valence electrons. The van der Waals surface area contributed by atoms with Crippen molar-refractivity contribution in [2.45, 2.75) is 38.6 Å². The van der Waals surface area contributed by atoms with Crippen LogP contribution >= 0.6 is 0 Å². The molecule has 1 saturated carbocycles. The van der Waals surface area contributed by atoms with Gasteiger partial charge < -0.3 is 5.32 Å². The van der Waals surface area contributed by atoms with E-state index in [1.54, 1.807) is 0 Å². The van der Waals surface area contributed by atoms with Gasteiger partial charge in [0.15, 0.2) is 0 Å². The molecule has 18 heavy (non-hydrogen) atoms. The van der Waals surface area contributed by atoms with Gasteiger partial charge >= 0.3 is 0 Å². The second kappa shape index (κ2) is 5.42. The van der Waals surface area contributed by atoms with Crippen molar-refractivity contribution in [1.82, 2.24) is 10.3 Å². The lowest BCUT2D eigenvalue weighted by atomic mass is 9.86. The largest absolute Gasteiger partial charge is 0.349 e. The molecule has 0 aliphatic heterocycles. The normalized spacial score (nSPS) is 23.7. The number of hydrogen-bond donors (Lipinski definition) is 1. The molecule has 0 aromatic carbocycles. The molecule has 0 radical (unpaired) electrons. The van der Waals surface area contributed by atoms with Crippen LogP contribution in [0.1, 0.15) is 43.0 Å². The highest BCUT2D eigenvalue weighted by Crippen LogP contribution is 2.24. The Labute approximate surface area is 105 Å². The van der Waals surface area contributed by atoms with Crippen LogP contribution in [-0.2, 0) is 0 Å². The monoisotopic (exact) mass is 254 g/mol. The summed E-state index contributed by atoms with van der Waals surface area (Å²) in [7, 11) is 0. The average molecular weight is 254 g/mol. The maximum atomic E-state index is 12.9. The summed E-state index contributed by atoms with van der Waals surface area (Å²) in [6, 6.07) is 1.99. The first-order valence-electron chi connectivity index (χ1n) is 6.20. The van der Waals surface area contributed by atoms with E-state index >= 15 is 0 Å². The van der Waals surface area contributed by atoms with Crippen molar-refractivity contribution in [3.63, 3.8) is 0 Å². The van der Waals surface area contributed by atoms with Gasteiger partial charge in [-0.05, 0) is 18.8 Å². The van der Waals surface area contributed by atoms with Crippen LogP contribution in [0.5, 0.6) is 0 Å². The van der Waals surface area contributed by atoms with E-state index in [1.807, 2.05) is 0 Å². The number of carbonyl (C=O) groups excluding carboxylic acids is 1. The van der Waals surface area contributed by atoms with Gasteiger partial charge in [0.05, 0.1) is 0 Å². The predicted molar refractivity (Wildman–Crippen MR) is 63.0 cm³/mol. The van der Waals surface area contributed by atoms with E-state index in [9.17, 15) is 13.6 Å². The Morgan fingerprint density at radius 3 is 2.50 bits per heavy atom. The highest BCUT2D eigenvalue weighted by atomic mass is 19.1. The molecule has 1 aromatic heterocycles. The Kier molecular flexibility index (Phi) is 3.89. The fourth-order valence-corrected chi connectivity index (χ4v) is 2.38. The molecular weight excluding hydrogens is 238 g/mol. The highest BCUT2D eigenvalue weighted by molar-refractivity contribution is 5.94. The van der Waals surface area contributed by atoms with Gasteiger partial charge in [-0.25, -0.2) is 0 Å². The van der Waals surface area contributed by atoms with E-state index in [1.165, 1.54) is 6.42 Å². The van der Waals surface area contributed by atoms with Crippen LogP contribution in [0, 0.1) is 17.8 Å². The van der Waals surface area contributed by atoms with Crippen LogP contribution in [0.25, 0.3) is 0 Å². The quantitative estimate of drug-likeness (QED) is 0.824. The summed E-state index contributed by atoms with van der Waals surface area (Å²) in [4.78, 5) is 14.9. The van der Waals surface area contributed by atoms with Crippen LogP contribution < -0.4 is 5.32 Å². The minimum absolute atomic E-state index is 0.0160. The fourth-order valence-electron chi connectivity index (χ4n) is 2.38. The average Bonchev–Trinajstić information content (AvgIpc) is 2.31. The van der Waals surface area contributed by atoms with E-state index in [0.717, 1.165) is 31.4 Å². The van der Waals surface area contributed by atoms with Gasteiger partial charge in [-0.2, -0.15) is 13.8 Å². The smallest absolute Gasteiger partial charge is 0.251 e. The number of pyridine rings is 1. The molecule has 2 rings (SSSR count). The number of nitrogens with one attached hydrogen (secondary N) is 1. The third-order valence-electron chi connectivity index (χ3n) is 3.45. The van der Waals surface area contributed by atoms with Crippen LogP contribution in [-0.4, -0.2) is 16.9 Å². The highest BCUT2D eigenvalue weighted by Gasteiger charge is 2.23. The molecular formula is C13H16F2N2O. The number of hydrogen-bond acceptors (Lipinski definition) is 2. The van der Waals surface area contributed by atoms with Crippen molar-refractivity contribution < 1.29 is 13.6 Å². The molecule has 2 atom stereocenters. The zero-order chi connectivity index (χ0) is 13.1. The van der Waals surface area contributed by atoms with E-state index in [2.05, 4.69) is 17.2 Å². The summed E-state index contributed by atoms with van der Waals surface area (Å²) in [6.07, 6.45) is 4.24. The van der Waals surface area contributed by atoms with Gasteiger partial charge in [0.2, 0.25) is 11.9 Å². The van der Waals surface area contributed by atoms with E-state index in [-0.39, 0.29) is 11.6 Å². The first-order chi connectivity index (χ1) is 8.56. The molecule has 1 aliphatic rings. The number of carbonyl (C=O) groups is 1. The van der Waals surface area contributed by atoms with Crippen molar-refractivity contribution in [1.29, 1.82) is 0 Å². The van der Waals surface area contributed by atoms with Gasteiger partial charge in [-0.3, -0.25) is 4.79 Å². The summed E-state index contributed by atoms with van der Waals surface area (Å²) >= 11 is 0. The third-order valence-corrected chi connectivity index (χ3v) is 3.45. The summed E-state index contributed by atoms with van der Waals surface area (Å²) < 4.78 is 25.8. The Morgan fingerprint density at radius 2 is 1.89 bits per heavy atom. The molecule has 1 amide bonds. The molecule has 5 heteroatoms. The lowest BCUT2D eigenvalue weighted by Gasteiger charge is -2.29.